The number of nitrogens with two attached hydrogens (primary N) is 1. The molecule has 7 heteroatoms. The monoisotopic (exact) mass is 406 g/mol. The highest BCUT2D eigenvalue weighted by atomic mass is 16.5. The fourth-order valence-electron chi connectivity index (χ4n) is 3.83. The van der Waals surface area contributed by atoms with Gasteiger partial charge in [-0.3, -0.25) is 4.79 Å². The van der Waals surface area contributed by atoms with E-state index in [1.807, 2.05) is 25.1 Å². The molecule has 0 bridgehead atoms. The number of H-pyrrole nitrogens is 1. The molecule has 0 amide bonds. The molecule has 0 radical (unpaired) electrons. The summed E-state index contributed by atoms with van der Waals surface area (Å²) in [5.74, 6) is -0.430. The number of carbonyl (C=O) groups is 1. The van der Waals surface area contributed by atoms with E-state index in [0.29, 0.717) is 33.5 Å². The zero-order valence-corrected chi connectivity index (χ0v) is 16.9. The summed E-state index contributed by atoms with van der Waals surface area (Å²) in [7, 11) is 1.57. The first-order valence-corrected chi connectivity index (χ1v) is 9.60. The van der Waals surface area contributed by atoms with Gasteiger partial charge in [-0.25, -0.2) is 4.79 Å². The Morgan fingerprint density at radius 3 is 2.60 bits per heavy atom. The van der Waals surface area contributed by atoms with Crippen LogP contribution in [0.1, 0.15) is 29.5 Å². The average Bonchev–Trinajstić information content (AvgIpc) is 2.74. The molecule has 0 saturated heterocycles. The molecule has 1 atom stereocenters. The summed E-state index contributed by atoms with van der Waals surface area (Å²) in [5, 5.41) is 0.717. The number of carbonyl (C=O) groups excluding carboxylic acids is 1. The topological polar surface area (TPSA) is 104 Å². The lowest BCUT2D eigenvalue weighted by molar-refractivity contribution is -0.139. The third-order valence-corrected chi connectivity index (χ3v) is 5.24. The Morgan fingerprint density at radius 1 is 1.20 bits per heavy atom. The minimum absolute atomic E-state index is 0.0739. The van der Waals surface area contributed by atoms with Crippen LogP contribution in [0.2, 0.25) is 0 Å². The smallest absolute Gasteiger partial charge is 0.340 e. The molecular formula is C23H22N2O5. The zero-order chi connectivity index (χ0) is 21.4. The maximum Gasteiger partial charge on any atom is 0.340 e. The van der Waals surface area contributed by atoms with Crippen LogP contribution in [0.4, 0.5) is 0 Å². The Hall–Kier alpha value is -3.74. The predicted molar refractivity (Wildman–Crippen MR) is 113 cm³/mol. The van der Waals surface area contributed by atoms with Gasteiger partial charge in [-0.1, -0.05) is 24.3 Å². The molecule has 0 spiro atoms. The zero-order valence-electron chi connectivity index (χ0n) is 16.9. The predicted octanol–water partition coefficient (Wildman–Crippen LogP) is 3.10. The molecule has 4 rings (SSSR count). The first-order valence-electron chi connectivity index (χ1n) is 9.60. The van der Waals surface area contributed by atoms with E-state index in [1.165, 1.54) is 0 Å². The fourth-order valence-corrected chi connectivity index (χ4v) is 3.83. The largest absolute Gasteiger partial charge is 0.497 e. The number of para-hydroxylation sites is 1. The lowest BCUT2D eigenvalue weighted by Gasteiger charge is -2.28. The van der Waals surface area contributed by atoms with Gasteiger partial charge in [0, 0.05) is 5.39 Å². The van der Waals surface area contributed by atoms with Crippen molar-refractivity contribution >= 4 is 16.9 Å². The molecule has 1 aromatic heterocycles. The quantitative estimate of drug-likeness (QED) is 0.646. The van der Waals surface area contributed by atoms with Crippen molar-refractivity contribution in [1.82, 2.24) is 4.98 Å². The van der Waals surface area contributed by atoms with Gasteiger partial charge in [0.25, 0.3) is 5.56 Å². The lowest BCUT2D eigenvalue weighted by atomic mass is 9.82. The van der Waals surface area contributed by atoms with Crippen molar-refractivity contribution < 1.29 is 19.0 Å². The van der Waals surface area contributed by atoms with Crippen LogP contribution in [0.15, 0.2) is 58.7 Å². The van der Waals surface area contributed by atoms with Crippen LogP contribution < -0.4 is 20.8 Å². The Bertz CT molecular complexity index is 1220. The van der Waals surface area contributed by atoms with Gasteiger partial charge in [0.15, 0.2) is 0 Å². The van der Waals surface area contributed by atoms with Crippen molar-refractivity contribution in [2.45, 2.75) is 19.8 Å². The Balaban J connectivity index is 2.03. The molecule has 0 fully saturated rings. The van der Waals surface area contributed by atoms with E-state index in [-0.39, 0.29) is 23.6 Å². The van der Waals surface area contributed by atoms with Crippen LogP contribution in [-0.2, 0) is 9.53 Å². The van der Waals surface area contributed by atoms with Crippen molar-refractivity contribution in [3.8, 4) is 11.5 Å². The van der Waals surface area contributed by atoms with Gasteiger partial charge >= 0.3 is 5.97 Å². The normalized spacial score (nSPS) is 15.5. The number of fused-ring (bicyclic) bond motifs is 3. The van der Waals surface area contributed by atoms with Crippen LogP contribution in [0.3, 0.4) is 0 Å². The average molecular weight is 406 g/mol. The molecule has 0 unspecified atom stereocenters. The van der Waals surface area contributed by atoms with Crippen LogP contribution in [-0.4, -0.2) is 24.7 Å². The number of ether oxygens (including phenoxy) is 3. The van der Waals surface area contributed by atoms with Crippen molar-refractivity contribution in [2.24, 2.45) is 5.73 Å². The number of rotatable bonds is 4. The summed E-state index contributed by atoms with van der Waals surface area (Å²) in [6.45, 7) is 3.78. The molecule has 3 aromatic rings. The maximum absolute atomic E-state index is 13.2. The lowest BCUT2D eigenvalue weighted by Crippen LogP contribution is -2.32. The van der Waals surface area contributed by atoms with Gasteiger partial charge in [-0.15, -0.1) is 0 Å². The molecule has 1 aliphatic heterocycles. The van der Waals surface area contributed by atoms with Gasteiger partial charge in [0.2, 0.25) is 5.88 Å². The second-order valence-electron chi connectivity index (χ2n) is 7.00. The standard InChI is InChI=1S/C23H22N2O5/c1-4-29-23(27)18-16(13-8-10-14(28-3)11-9-13)17-20(30-21(18)24)15-7-5-6-12(2)19(15)25-22(17)26/h5-11,16H,4,24H2,1-3H3,(H,25,26)/t16-/m0/s1. The molecule has 0 saturated carbocycles. The molecule has 1 aliphatic rings. The van der Waals surface area contributed by atoms with Crippen molar-refractivity contribution in [1.29, 1.82) is 0 Å². The van der Waals surface area contributed by atoms with E-state index in [4.69, 9.17) is 19.9 Å². The number of methoxy groups -OCH3 is 1. The van der Waals surface area contributed by atoms with E-state index >= 15 is 0 Å². The Morgan fingerprint density at radius 2 is 1.93 bits per heavy atom. The molecule has 2 heterocycles. The first-order chi connectivity index (χ1) is 14.5. The highest BCUT2D eigenvalue weighted by molar-refractivity contribution is 5.95. The minimum atomic E-state index is -0.743. The van der Waals surface area contributed by atoms with Gasteiger partial charge in [0.1, 0.15) is 17.1 Å². The van der Waals surface area contributed by atoms with Gasteiger partial charge in [0.05, 0.1) is 30.7 Å². The SMILES string of the molecule is CCOC(=O)C1=C(N)Oc2c(c(=O)[nH]c3c(C)cccc23)[C@@H]1c1ccc(OC)cc1. The fraction of sp³-hybridized carbons (Fsp3) is 0.217. The van der Waals surface area contributed by atoms with Crippen LogP contribution >= 0.6 is 0 Å². The number of aromatic nitrogens is 1. The van der Waals surface area contributed by atoms with E-state index < -0.39 is 11.9 Å². The van der Waals surface area contributed by atoms with Gasteiger partial charge in [-0.05, 0) is 43.2 Å². The number of benzene rings is 2. The molecule has 3 N–H and O–H groups in total. The number of pyridine rings is 1. The van der Waals surface area contributed by atoms with E-state index in [2.05, 4.69) is 4.98 Å². The number of hydrogen-bond donors (Lipinski definition) is 2. The molecular weight excluding hydrogens is 384 g/mol. The number of esters is 1. The summed E-state index contributed by atoms with van der Waals surface area (Å²) in [5.41, 5.74) is 8.55. The van der Waals surface area contributed by atoms with Crippen LogP contribution in [0.25, 0.3) is 10.9 Å². The molecule has 154 valence electrons. The first kappa shape index (κ1) is 19.6. The second-order valence-corrected chi connectivity index (χ2v) is 7.00. The van der Waals surface area contributed by atoms with Crippen molar-refractivity contribution in [2.75, 3.05) is 13.7 Å². The Labute approximate surface area is 173 Å². The number of aromatic amines is 1. The molecule has 2 aromatic carbocycles. The molecule has 0 aliphatic carbocycles. The second kappa shape index (κ2) is 7.59. The van der Waals surface area contributed by atoms with E-state index in [1.54, 1.807) is 38.3 Å². The summed E-state index contributed by atoms with van der Waals surface area (Å²) >= 11 is 0. The number of hydrogen-bond acceptors (Lipinski definition) is 6. The number of nitrogens with one attached hydrogen (secondary N) is 1. The van der Waals surface area contributed by atoms with Crippen LogP contribution in [0.5, 0.6) is 11.5 Å². The highest BCUT2D eigenvalue weighted by Crippen LogP contribution is 2.44. The summed E-state index contributed by atoms with van der Waals surface area (Å²) < 4.78 is 16.3. The third-order valence-electron chi connectivity index (χ3n) is 5.24. The van der Waals surface area contributed by atoms with Crippen LogP contribution in [0, 0.1) is 6.92 Å². The molecule has 30 heavy (non-hydrogen) atoms. The van der Waals surface area contributed by atoms with Gasteiger partial charge < -0.3 is 24.9 Å². The summed E-state index contributed by atoms with van der Waals surface area (Å²) in [4.78, 5) is 28.9. The summed E-state index contributed by atoms with van der Waals surface area (Å²) in [6.07, 6.45) is 0. The van der Waals surface area contributed by atoms with E-state index in [0.717, 1.165) is 5.56 Å². The van der Waals surface area contributed by atoms with Gasteiger partial charge in [-0.2, -0.15) is 0 Å². The third kappa shape index (κ3) is 3.08. The summed E-state index contributed by atoms with van der Waals surface area (Å²) in [6, 6.07) is 12.8. The molecule has 7 nitrogen and oxygen atoms in total. The van der Waals surface area contributed by atoms with Crippen molar-refractivity contribution in [3.63, 3.8) is 0 Å². The van der Waals surface area contributed by atoms with Crippen molar-refractivity contribution in [3.05, 3.63) is 81.0 Å². The minimum Gasteiger partial charge on any atom is -0.497 e. The highest BCUT2D eigenvalue weighted by Gasteiger charge is 2.38. The Kier molecular flexibility index (Phi) is 4.95. The number of aryl methyl sites for hydroxylation is 1. The maximum atomic E-state index is 13.2. The van der Waals surface area contributed by atoms with E-state index in [9.17, 15) is 9.59 Å².